The average molecular weight is 540 g/mol. The van der Waals surface area contributed by atoms with Gasteiger partial charge in [-0.05, 0) is 73.4 Å². The van der Waals surface area contributed by atoms with Gasteiger partial charge in [0.15, 0.2) is 0 Å². The molecule has 1 atom stereocenters. The van der Waals surface area contributed by atoms with Crippen molar-refractivity contribution in [3.05, 3.63) is 93.8 Å². The van der Waals surface area contributed by atoms with Crippen molar-refractivity contribution in [2.45, 2.75) is 58.3 Å². The molecule has 0 saturated heterocycles. The first-order chi connectivity index (χ1) is 18.0. The second-order valence-corrected chi connectivity index (χ2v) is 10.6. The lowest BCUT2D eigenvalue weighted by Crippen LogP contribution is -2.36. The van der Waals surface area contributed by atoms with Gasteiger partial charge in [-0.15, -0.1) is 0 Å². The number of nitrogens with zero attached hydrogens (tertiary/aromatic N) is 1. The summed E-state index contributed by atoms with van der Waals surface area (Å²) in [6.07, 6.45) is 1.15. The number of hydrogen-bond acceptors (Lipinski definition) is 4. The number of ether oxygens (including phenoxy) is 2. The highest BCUT2D eigenvalue weighted by Gasteiger charge is 2.35. The molecule has 0 bridgehead atoms. The van der Waals surface area contributed by atoms with E-state index in [9.17, 15) is 19.1 Å². The molecule has 1 amide bonds. The second-order valence-electron chi connectivity index (χ2n) is 10.2. The largest absolute Gasteiger partial charge is 0.491 e. The van der Waals surface area contributed by atoms with Gasteiger partial charge in [0.25, 0.3) is 0 Å². The molecule has 200 valence electrons. The normalized spacial score (nSPS) is 16.2. The van der Waals surface area contributed by atoms with Crippen molar-refractivity contribution >= 4 is 23.5 Å². The third kappa shape index (κ3) is 7.04. The zero-order chi connectivity index (χ0) is 27.4. The maximum absolute atomic E-state index is 13.9. The maximum Gasteiger partial charge on any atom is 0.323 e. The van der Waals surface area contributed by atoms with Crippen LogP contribution in [0.15, 0.2) is 60.7 Å². The molecule has 4 rings (SSSR count). The summed E-state index contributed by atoms with van der Waals surface area (Å²) >= 11 is 5.81. The molecule has 0 aromatic heterocycles. The van der Waals surface area contributed by atoms with Crippen LogP contribution in [-0.4, -0.2) is 40.1 Å². The Morgan fingerprint density at radius 3 is 2.58 bits per heavy atom. The van der Waals surface area contributed by atoms with Gasteiger partial charge >= 0.3 is 5.97 Å². The molecular weight excluding hydrogens is 509 g/mol. The Hall–Kier alpha value is -3.58. The van der Waals surface area contributed by atoms with Crippen LogP contribution in [0, 0.1) is 5.82 Å². The molecule has 8 heteroatoms. The number of carboxylic acid groups (broad SMARTS) is 1. The Kier molecular flexibility index (Phi) is 8.26. The minimum Gasteiger partial charge on any atom is -0.491 e. The maximum atomic E-state index is 13.9. The Labute approximate surface area is 226 Å². The number of fused-ring (bicyclic) bond motifs is 1. The molecule has 6 nitrogen and oxygen atoms in total. The van der Waals surface area contributed by atoms with E-state index in [1.807, 2.05) is 63.2 Å². The Bertz CT molecular complexity index is 1340. The van der Waals surface area contributed by atoms with Crippen molar-refractivity contribution in [3.8, 4) is 11.5 Å². The Balaban J connectivity index is 1.45. The summed E-state index contributed by atoms with van der Waals surface area (Å²) in [6, 6.07) is 17.6. The summed E-state index contributed by atoms with van der Waals surface area (Å²) in [5, 5.41) is 9.50. The number of carbonyl (C=O) groups excluding carboxylic acids is 1. The fourth-order valence-electron chi connectivity index (χ4n) is 4.76. The fraction of sp³-hybridized carbons (Fsp3) is 0.333. The number of hydrogen-bond donors (Lipinski definition) is 1. The van der Waals surface area contributed by atoms with E-state index < -0.39 is 23.9 Å². The highest BCUT2D eigenvalue weighted by atomic mass is 35.5. The number of amides is 1. The van der Waals surface area contributed by atoms with Crippen LogP contribution in [0.3, 0.4) is 0 Å². The molecule has 0 aliphatic carbocycles. The van der Waals surface area contributed by atoms with Crippen LogP contribution in [0.2, 0.25) is 5.02 Å². The van der Waals surface area contributed by atoms with Gasteiger partial charge in [-0.25, -0.2) is 4.39 Å². The molecule has 1 aliphatic heterocycles. The van der Waals surface area contributed by atoms with Crippen LogP contribution in [-0.2, 0) is 35.4 Å². The molecular formula is C30H31ClFNO5. The van der Waals surface area contributed by atoms with Crippen LogP contribution >= 0.6 is 11.6 Å². The van der Waals surface area contributed by atoms with Crippen LogP contribution in [0.25, 0.3) is 0 Å². The lowest BCUT2D eigenvalue weighted by molar-refractivity contribution is -0.144. The molecule has 0 fully saturated rings. The fourth-order valence-corrected chi connectivity index (χ4v) is 4.87. The third-order valence-electron chi connectivity index (χ3n) is 6.29. The van der Waals surface area contributed by atoms with Crippen molar-refractivity contribution in [2.75, 3.05) is 6.54 Å². The predicted molar refractivity (Wildman–Crippen MR) is 143 cm³/mol. The Morgan fingerprint density at radius 1 is 1.11 bits per heavy atom. The number of benzene rings is 3. The van der Waals surface area contributed by atoms with E-state index in [0.717, 1.165) is 28.0 Å². The van der Waals surface area contributed by atoms with E-state index in [4.69, 9.17) is 21.1 Å². The van der Waals surface area contributed by atoms with E-state index >= 15 is 0 Å². The van der Waals surface area contributed by atoms with Crippen LogP contribution < -0.4 is 9.47 Å². The molecule has 38 heavy (non-hydrogen) atoms. The lowest BCUT2D eigenvalue weighted by Gasteiger charge is -2.24. The van der Waals surface area contributed by atoms with Gasteiger partial charge in [-0.3, -0.25) is 9.59 Å². The summed E-state index contributed by atoms with van der Waals surface area (Å²) in [6.45, 7) is 5.57. The Morgan fingerprint density at radius 2 is 1.87 bits per heavy atom. The first-order valence-corrected chi connectivity index (χ1v) is 12.9. The molecule has 0 saturated carbocycles. The zero-order valence-corrected chi connectivity index (χ0v) is 22.4. The molecule has 3 aromatic carbocycles. The van der Waals surface area contributed by atoms with Crippen molar-refractivity contribution in [2.24, 2.45) is 0 Å². The molecule has 1 N–H and O–H groups in total. The summed E-state index contributed by atoms with van der Waals surface area (Å²) in [4.78, 5) is 26.0. The van der Waals surface area contributed by atoms with Crippen molar-refractivity contribution in [3.63, 3.8) is 0 Å². The van der Waals surface area contributed by atoms with Crippen LogP contribution in [0.4, 0.5) is 4.39 Å². The minimum absolute atomic E-state index is 0.00000612. The quantitative estimate of drug-likeness (QED) is 0.349. The first kappa shape index (κ1) is 27.5. The summed E-state index contributed by atoms with van der Waals surface area (Å²) in [5.41, 5.74) is 2.73. The SMILES string of the molecule is CC(C)Oc1cccc(CN(CC(=O)O)C(=O)Cc2ccc3c(c2)CC(C)(Cc2ccc(Cl)c(F)c2)O3)c1. The number of aliphatic carboxylic acids is 1. The number of carboxylic acids is 1. The van der Waals surface area contributed by atoms with Gasteiger partial charge in [-0.2, -0.15) is 0 Å². The van der Waals surface area contributed by atoms with Crippen LogP contribution in [0.1, 0.15) is 43.0 Å². The van der Waals surface area contributed by atoms with Crippen molar-refractivity contribution in [1.82, 2.24) is 4.90 Å². The predicted octanol–water partition coefficient (Wildman–Crippen LogP) is 5.86. The smallest absolute Gasteiger partial charge is 0.323 e. The zero-order valence-electron chi connectivity index (χ0n) is 21.7. The topological polar surface area (TPSA) is 76.1 Å². The summed E-state index contributed by atoms with van der Waals surface area (Å²) < 4.78 is 25.8. The molecule has 3 aromatic rings. The van der Waals surface area contributed by atoms with Gasteiger partial charge in [0.05, 0.1) is 17.5 Å². The van der Waals surface area contributed by atoms with E-state index in [-0.39, 0.29) is 30.0 Å². The second kappa shape index (κ2) is 11.4. The highest BCUT2D eigenvalue weighted by molar-refractivity contribution is 6.30. The monoisotopic (exact) mass is 539 g/mol. The molecule has 0 radical (unpaired) electrons. The van der Waals surface area contributed by atoms with Crippen molar-refractivity contribution < 1.29 is 28.6 Å². The highest BCUT2D eigenvalue weighted by Crippen LogP contribution is 2.38. The number of rotatable bonds is 10. The van der Waals surface area contributed by atoms with Gasteiger partial charge < -0.3 is 19.5 Å². The number of carbonyl (C=O) groups is 2. The van der Waals surface area contributed by atoms with Gasteiger partial charge in [0, 0.05) is 19.4 Å². The first-order valence-electron chi connectivity index (χ1n) is 12.5. The standard InChI is InChI=1S/C30H31ClFNO5/c1-19(2)37-24-6-4-5-22(12-24)17-33(18-29(35)36)28(34)14-20-8-10-27-23(11-20)16-30(3,38-27)15-21-7-9-25(31)26(32)13-21/h4-13,19H,14-18H2,1-3H3,(H,35,36). The molecule has 1 unspecified atom stereocenters. The van der Waals surface area contributed by atoms with Gasteiger partial charge in [0.1, 0.15) is 29.5 Å². The molecule has 1 heterocycles. The summed E-state index contributed by atoms with van der Waals surface area (Å²) in [7, 11) is 0. The molecule has 1 aliphatic rings. The van der Waals surface area contributed by atoms with E-state index in [1.54, 1.807) is 6.07 Å². The minimum atomic E-state index is -1.08. The third-order valence-corrected chi connectivity index (χ3v) is 6.59. The van der Waals surface area contributed by atoms with Gasteiger partial charge in [0.2, 0.25) is 5.91 Å². The summed E-state index contributed by atoms with van der Waals surface area (Å²) in [5.74, 6) is -0.439. The van der Waals surface area contributed by atoms with Crippen molar-refractivity contribution in [1.29, 1.82) is 0 Å². The van der Waals surface area contributed by atoms with E-state index in [1.165, 1.54) is 17.0 Å². The van der Waals surface area contributed by atoms with Gasteiger partial charge in [-0.1, -0.05) is 41.9 Å². The van der Waals surface area contributed by atoms with E-state index in [0.29, 0.717) is 18.6 Å². The molecule has 0 spiro atoms. The van der Waals surface area contributed by atoms with Crippen LogP contribution in [0.5, 0.6) is 11.5 Å². The number of halogens is 2. The van der Waals surface area contributed by atoms with E-state index in [2.05, 4.69) is 0 Å². The average Bonchev–Trinajstić information content (AvgIpc) is 3.15. The lowest BCUT2D eigenvalue weighted by atomic mass is 9.91.